The molecule has 0 aromatic heterocycles. The number of nitrogens with two attached hydrogens (primary N) is 1. The summed E-state index contributed by atoms with van der Waals surface area (Å²) in [6, 6.07) is 0.400. The van der Waals surface area contributed by atoms with Crippen LogP contribution in [0.4, 0.5) is 0 Å². The van der Waals surface area contributed by atoms with Crippen LogP contribution in [0, 0.1) is 5.92 Å². The Kier molecular flexibility index (Phi) is 5.81. The molecule has 2 unspecified atom stereocenters. The molecule has 0 radical (unpaired) electrons. The lowest BCUT2D eigenvalue weighted by molar-refractivity contribution is -0.126. The standard InChI is InChI=1S/C13H26N2O/c1-3-6-10(7-4-2)13(16)15-12-9-5-8-11(12)14/h10-12H,3-9,14H2,1-2H3,(H,15,16). The smallest absolute Gasteiger partial charge is 0.223 e. The van der Waals surface area contributed by atoms with E-state index in [1.54, 1.807) is 0 Å². The monoisotopic (exact) mass is 226 g/mol. The van der Waals surface area contributed by atoms with Crippen molar-refractivity contribution in [2.24, 2.45) is 11.7 Å². The van der Waals surface area contributed by atoms with E-state index in [2.05, 4.69) is 19.2 Å². The van der Waals surface area contributed by atoms with E-state index in [-0.39, 0.29) is 23.9 Å². The molecule has 3 N–H and O–H groups in total. The Hall–Kier alpha value is -0.570. The number of amides is 1. The highest BCUT2D eigenvalue weighted by molar-refractivity contribution is 5.79. The summed E-state index contributed by atoms with van der Waals surface area (Å²) < 4.78 is 0. The Balaban J connectivity index is 2.41. The van der Waals surface area contributed by atoms with Crippen molar-refractivity contribution in [1.29, 1.82) is 0 Å². The third-order valence-electron chi connectivity index (χ3n) is 3.54. The molecule has 0 aromatic carbocycles. The molecule has 0 bridgehead atoms. The Labute approximate surface area is 99.2 Å². The van der Waals surface area contributed by atoms with Crippen LogP contribution in [-0.4, -0.2) is 18.0 Å². The molecular weight excluding hydrogens is 200 g/mol. The van der Waals surface area contributed by atoms with Gasteiger partial charge in [-0.2, -0.15) is 0 Å². The van der Waals surface area contributed by atoms with Gasteiger partial charge in [0.05, 0.1) is 0 Å². The number of hydrogen-bond donors (Lipinski definition) is 2. The third kappa shape index (κ3) is 3.78. The van der Waals surface area contributed by atoms with Crippen LogP contribution in [0.15, 0.2) is 0 Å². The number of carbonyl (C=O) groups is 1. The minimum Gasteiger partial charge on any atom is -0.352 e. The second-order valence-electron chi connectivity index (χ2n) is 4.98. The van der Waals surface area contributed by atoms with Crippen LogP contribution in [0.5, 0.6) is 0 Å². The second-order valence-corrected chi connectivity index (χ2v) is 4.98. The quantitative estimate of drug-likeness (QED) is 0.729. The van der Waals surface area contributed by atoms with Gasteiger partial charge in [0.2, 0.25) is 5.91 Å². The van der Waals surface area contributed by atoms with E-state index in [1.807, 2.05) is 0 Å². The van der Waals surface area contributed by atoms with Crippen molar-refractivity contribution < 1.29 is 4.79 Å². The van der Waals surface area contributed by atoms with Crippen molar-refractivity contribution in [1.82, 2.24) is 5.32 Å². The van der Waals surface area contributed by atoms with Crippen LogP contribution in [0.3, 0.4) is 0 Å². The van der Waals surface area contributed by atoms with Gasteiger partial charge in [-0.05, 0) is 32.1 Å². The topological polar surface area (TPSA) is 55.1 Å². The number of hydrogen-bond acceptors (Lipinski definition) is 2. The normalized spacial score (nSPS) is 25.0. The zero-order valence-corrected chi connectivity index (χ0v) is 10.7. The van der Waals surface area contributed by atoms with Crippen LogP contribution in [-0.2, 0) is 4.79 Å². The van der Waals surface area contributed by atoms with Gasteiger partial charge in [0.15, 0.2) is 0 Å². The molecule has 1 aliphatic carbocycles. The largest absolute Gasteiger partial charge is 0.352 e. The SMILES string of the molecule is CCCC(CCC)C(=O)NC1CCCC1N. The van der Waals surface area contributed by atoms with Crippen molar-refractivity contribution >= 4 is 5.91 Å². The van der Waals surface area contributed by atoms with E-state index in [1.165, 1.54) is 0 Å². The zero-order chi connectivity index (χ0) is 12.0. The summed E-state index contributed by atoms with van der Waals surface area (Å²) in [5, 5.41) is 3.13. The molecule has 94 valence electrons. The van der Waals surface area contributed by atoms with Gasteiger partial charge in [-0.1, -0.05) is 26.7 Å². The zero-order valence-electron chi connectivity index (χ0n) is 10.7. The summed E-state index contributed by atoms with van der Waals surface area (Å²) in [6.07, 6.45) is 7.42. The molecule has 0 aliphatic heterocycles. The number of rotatable bonds is 6. The number of carbonyl (C=O) groups excluding carboxylic acids is 1. The lowest BCUT2D eigenvalue weighted by Crippen LogP contribution is -2.46. The predicted octanol–water partition coefficient (Wildman–Crippen LogP) is 2.20. The van der Waals surface area contributed by atoms with Crippen molar-refractivity contribution in [3.63, 3.8) is 0 Å². The number of nitrogens with one attached hydrogen (secondary N) is 1. The summed E-state index contributed by atoms with van der Waals surface area (Å²) >= 11 is 0. The lowest BCUT2D eigenvalue weighted by atomic mass is 9.97. The second kappa shape index (κ2) is 6.89. The van der Waals surface area contributed by atoms with Crippen LogP contribution < -0.4 is 11.1 Å². The fourth-order valence-corrected chi connectivity index (χ4v) is 2.57. The fourth-order valence-electron chi connectivity index (χ4n) is 2.57. The molecule has 3 heteroatoms. The Morgan fingerprint density at radius 3 is 2.38 bits per heavy atom. The van der Waals surface area contributed by atoms with Gasteiger partial charge in [-0.15, -0.1) is 0 Å². The maximum atomic E-state index is 12.1. The van der Waals surface area contributed by atoms with E-state index in [0.29, 0.717) is 0 Å². The molecule has 1 saturated carbocycles. The van der Waals surface area contributed by atoms with Crippen LogP contribution >= 0.6 is 0 Å². The van der Waals surface area contributed by atoms with Gasteiger partial charge >= 0.3 is 0 Å². The predicted molar refractivity (Wildman–Crippen MR) is 67.1 cm³/mol. The van der Waals surface area contributed by atoms with Crippen LogP contribution in [0.1, 0.15) is 58.8 Å². The first kappa shape index (κ1) is 13.5. The molecular formula is C13H26N2O. The molecule has 0 spiro atoms. The minimum absolute atomic E-state index is 0.174. The highest BCUT2D eigenvalue weighted by atomic mass is 16.1. The van der Waals surface area contributed by atoms with E-state index < -0.39 is 0 Å². The first-order valence-electron chi connectivity index (χ1n) is 6.75. The van der Waals surface area contributed by atoms with Gasteiger partial charge in [-0.25, -0.2) is 0 Å². The summed E-state index contributed by atoms with van der Waals surface area (Å²) in [6.45, 7) is 4.27. The van der Waals surface area contributed by atoms with Crippen LogP contribution in [0.25, 0.3) is 0 Å². The highest BCUT2D eigenvalue weighted by Crippen LogP contribution is 2.19. The molecule has 1 aliphatic rings. The Morgan fingerprint density at radius 1 is 1.31 bits per heavy atom. The average molecular weight is 226 g/mol. The van der Waals surface area contributed by atoms with Crippen molar-refractivity contribution in [2.45, 2.75) is 70.9 Å². The minimum atomic E-state index is 0.174. The van der Waals surface area contributed by atoms with Gasteiger partial charge in [0.1, 0.15) is 0 Å². The van der Waals surface area contributed by atoms with E-state index in [9.17, 15) is 4.79 Å². The lowest BCUT2D eigenvalue weighted by Gasteiger charge is -2.21. The molecule has 0 heterocycles. The van der Waals surface area contributed by atoms with Gasteiger partial charge in [-0.3, -0.25) is 4.79 Å². The van der Waals surface area contributed by atoms with Gasteiger partial charge < -0.3 is 11.1 Å². The van der Waals surface area contributed by atoms with Crippen molar-refractivity contribution in [3.05, 3.63) is 0 Å². The van der Waals surface area contributed by atoms with Gasteiger partial charge in [0, 0.05) is 18.0 Å². The summed E-state index contributed by atoms with van der Waals surface area (Å²) in [4.78, 5) is 12.1. The maximum absolute atomic E-state index is 12.1. The summed E-state index contributed by atoms with van der Waals surface area (Å²) in [7, 11) is 0. The molecule has 3 nitrogen and oxygen atoms in total. The van der Waals surface area contributed by atoms with E-state index in [0.717, 1.165) is 44.9 Å². The molecule has 1 amide bonds. The Morgan fingerprint density at radius 2 is 1.94 bits per heavy atom. The van der Waals surface area contributed by atoms with Gasteiger partial charge in [0.25, 0.3) is 0 Å². The first-order valence-corrected chi connectivity index (χ1v) is 6.75. The fraction of sp³-hybridized carbons (Fsp3) is 0.923. The highest BCUT2D eigenvalue weighted by Gasteiger charge is 2.27. The molecule has 1 fully saturated rings. The molecule has 0 saturated heterocycles. The first-order chi connectivity index (χ1) is 7.69. The van der Waals surface area contributed by atoms with E-state index in [4.69, 9.17) is 5.73 Å². The molecule has 0 aromatic rings. The maximum Gasteiger partial charge on any atom is 0.223 e. The molecule has 16 heavy (non-hydrogen) atoms. The van der Waals surface area contributed by atoms with Crippen molar-refractivity contribution in [3.8, 4) is 0 Å². The van der Waals surface area contributed by atoms with E-state index >= 15 is 0 Å². The van der Waals surface area contributed by atoms with Crippen molar-refractivity contribution in [2.75, 3.05) is 0 Å². The summed E-state index contributed by atoms with van der Waals surface area (Å²) in [5.74, 6) is 0.425. The Bertz CT molecular complexity index is 212. The van der Waals surface area contributed by atoms with Crippen LogP contribution in [0.2, 0.25) is 0 Å². The molecule has 1 rings (SSSR count). The molecule has 2 atom stereocenters. The third-order valence-corrected chi connectivity index (χ3v) is 3.54. The average Bonchev–Trinajstić information content (AvgIpc) is 2.64. The summed E-state index contributed by atoms with van der Waals surface area (Å²) in [5.41, 5.74) is 5.96.